The van der Waals surface area contributed by atoms with Crippen molar-refractivity contribution >= 4 is 11.8 Å². The van der Waals surface area contributed by atoms with Gasteiger partial charge >= 0.3 is 0 Å². The minimum atomic E-state index is 0.733. The average Bonchev–Trinajstić information content (AvgIpc) is 2.26. The van der Waals surface area contributed by atoms with Gasteiger partial charge in [-0.05, 0) is 32.2 Å². The number of rotatable bonds is 2. The van der Waals surface area contributed by atoms with E-state index in [1.807, 2.05) is 0 Å². The molecule has 2 aliphatic rings. The van der Waals surface area contributed by atoms with Crippen LogP contribution in [-0.4, -0.2) is 48.1 Å². The molecule has 0 spiro atoms. The maximum absolute atomic E-state index is 3.64. The molecule has 0 aromatic carbocycles. The van der Waals surface area contributed by atoms with Crippen molar-refractivity contribution in [3.63, 3.8) is 0 Å². The molecule has 2 heterocycles. The molecule has 0 radical (unpaired) electrons. The molecule has 0 aliphatic carbocycles. The van der Waals surface area contributed by atoms with Crippen LogP contribution in [0.4, 0.5) is 0 Å². The van der Waals surface area contributed by atoms with Gasteiger partial charge in [0, 0.05) is 36.7 Å². The zero-order chi connectivity index (χ0) is 10.7. The maximum atomic E-state index is 3.64. The highest BCUT2D eigenvalue weighted by Crippen LogP contribution is 2.23. The standard InChI is InChI=1S/C12H24N2S/c1-10-4-3-6-14(11(10)2)8-12-9-15-7-5-13-12/h10-13H,3-9H2,1-2H3. The fourth-order valence-electron chi connectivity index (χ4n) is 2.70. The summed E-state index contributed by atoms with van der Waals surface area (Å²) in [7, 11) is 0. The van der Waals surface area contributed by atoms with Crippen LogP contribution in [-0.2, 0) is 0 Å². The molecule has 0 aromatic heterocycles. The van der Waals surface area contributed by atoms with Gasteiger partial charge in [0.1, 0.15) is 0 Å². The van der Waals surface area contributed by atoms with Gasteiger partial charge in [0.2, 0.25) is 0 Å². The molecule has 2 rings (SSSR count). The predicted molar refractivity (Wildman–Crippen MR) is 68.5 cm³/mol. The minimum Gasteiger partial charge on any atom is -0.311 e. The molecule has 3 unspecified atom stereocenters. The third-order valence-corrected chi connectivity index (χ3v) is 5.09. The molecule has 0 saturated carbocycles. The molecule has 0 bridgehead atoms. The van der Waals surface area contributed by atoms with Crippen LogP contribution in [0.3, 0.4) is 0 Å². The van der Waals surface area contributed by atoms with Gasteiger partial charge in [-0.3, -0.25) is 4.90 Å². The summed E-state index contributed by atoms with van der Waals surface area (Å²) in [4.78, 5) is 2.69. The summed E-state index contributed by atoms with van der Waals surface area (Å²) >= 11 is 2.10. The normalized spacial score (nSPS) is 39.2. The van der Waals surface area contributed by atoms with E-state index in [0.717, 1.165) is 18.0 Å². The molecule has 15 heavy (non-hydrogen) atoms. The molecule has 88 valence electrons. The van der Waals surface area contributed by atoms with E-state index in [1.54, 1.807) is 0 Å². The number of nitrogens with zero attached hydrogens (tertiary/aromatic N) is 1. The van der Waals surface area contributed by atoms with E-state index in [2.05, 4.69) is 35.8 Å². The van der Waals surface area contributed by atoms with Crippen molar-refractivity contribution in [2.75, 3.05) is 31.1 Å². The van der Waals surface area contributed by atoms with Gasteiger partial charge in [0.25, 0.3) is 0 Å². The minimum absolute atomic E-state index is 0.733. The van der Waals surface area contributed by atoms with E-state index in [9.17, 15) is 0 Å². The molecule has 1 N–H and O–H groups in total. The quantitative estimate of drug-likeness (QED) is 0.776. The largest absolute Gasteiger partial charge is 0.311 e. The zero-order valence-corrected chi connectivity index (χ0v) is 10.9. The summed E-state index contributed by atoms with van der Waals surface area (Å²) in [6, 6.07) is 1.52. The van der Waals surface area contributed by atoms with Gasteiger partial charge in [0.15, 0.2) is 0 Å². The molecule has 0 amide bonds. The van der Waals surface area contributed by atoms with Crippen LogP contribution in [0, 0.1) is 5.92 Å². The summed E-state index contributed by atoms with van der Waals surface area (Å²) in [6.45, 7) is 8.58. The van der Waals surface area contributed by atoms with E-state index >= 15 is 0 Å². The lowest BCUT2D eigenvalue weighted by atomic mass is 9.92. The topological polar surface area (TPSA) is 15.3 Å². The van der Waals surface area contributed by atoms with E-state index < -0.39 is 0 Å². The van der Waals surface area contributed by atoms with Crippen LogP contribution >= 0.6 is 11.8 Å². The summed E-state index contributed by atoms with van der Waals surface area (Å²) in [5.41, 5.74) is 0. The second-order valence-corrected chi connectivity index (χ2v) is 6.23. The van der Waals surface area contributed by atoms with Crippen LogP contribution in [0.5, 0.6) is 0 Å². The summed E-state index contributed by atoms with van der Waals surface area (Å²) in [5.74, 6) is 3.48. The Morgan fingerprint density at radius 1 is 1.40 bits per heavy atom. The second-order valence-electron chi connectivity index (χ2n) is 5.08. The lowest BCUT2D eigenvalue weighted by Crippen LogP contribution is -2.51. The molecule has 3 atom stereocenters. The van der Waals surface area contributed by atoms with Crippen LogP contribution in [0.1, 0.15) is 26.7 Å². The van der Waals surface area contributed by atoms with Crippen molar-refractivity contribution in [3.05, 3.63) is 0 Å². The van der Waals surface area contributed by atoms with Crippen LogP contribution in [0.15, 0.2) is 0 Å². The number of nitrogens with one attached hydrogen (secondary N) is 1. The molecule has 2 aliphatic heterocycles. The Kier molecular flexibility index (Phi) is 4.35. The van der Waals surface area contributed by atoms with Crippen LogP contribution in [0.2, 0.25) is 0 Å². The van der Waals surface area contributed by atoms with Gasteiger partial charge in [0.05, 0.1) is 0 Å². The van der Waals surface area contributed by atoms with Crippen molar-refractivity contribution in [3.8, 4) is 0 Å². The maximum Gasteiger partial charge on any atom is 0.0286 e. The van der Waals surface area contributed by atoms with Crippen molar-refractivity contribution in [2.24, 2.45) is 5.92 Å². The van der Waals surface area contributed by atoms with Crippen LogP contribution in [0.25, 0.3) is 0 Å². The molecular formula is C12H24N2S. The second kappa shape index (κ2) is 5.55. The van der Waals surface area contributed by atoms with E-state index in [4.69, 9.17) is 0 Å². The summed E-state index contributed by atoms with van der Waals surface area (Å²) in [6.07, 6.45) is 2.82. The molecule has 3 heteroatoms. The SMILES string of the molecule is CC1CCCN(CC2CSCCN2)C1C. The van der Waals surface area contributed by atoms with Gasteiger partial charge in [-0.25, -0.2) is 0 Å². The number of likely N-dealkylation sites (tertiary alicyclic amines) is 1. The number of thioether (sulfide) groups is 1. The zero-order valence-electron chi connectivity index (χ0n) is 10.0. The Labute approximate surface area is 98.2 Å². The van der Waals surface area contributed by atoms with Gasteiger partial charge < -0.3 is 5.32 Å². The molecule has 2 fully saturated rings. The Morgan fingerprint density at radius 3 is 3.00 bits per heavy atom. The number of hydrogen-bond donors (Lipinski definition) is 1. The van der Waals surface area contributed by atoms with Gasteiger partial charge in [-0.1, -0.05) is 6.92 Å². The Bertz CT molecular complexity index is 192. The molecular weight excluding hydrogens is 204 g/mol. The molecule has 0 aromatic rings. The first-order valence-electron chi connectivity index (χ1n) is 6.32. The van der Waals surface area contributed by atoms with E-state index in [0.29, 0.717) is 0 Å². The third kappa shape index (κ3) is 3.11. The fourth-order valence-corrected chi connectivity index (χ4v) is 3.64. The van der Waals surface area contributed by atoms with Gasteiger partial charge in [-0.15, -0.1) is 0 Å². The smallest absolute Gasteiger partial charge is 0.0286 e. The first-order valence-corrected chi connectivity index (χ1v) is 7.48. The Morgan fingerprint density at radius 2 is 2.27 bits per heavy atom. The highest BCUT2D eigenvalue weighted by atomic mass is 32.2. The lowest BCUT2D eigenvalue weighted by Gasteiger charge is -2.40. The first kappa shape index (κ1) is 11.7. The van der Waals surface area contributed by atoms with E-state index in [-0.39, 0.29) is 0 Å². The highest BCUT2D eigenvalue weighted by molar-refractivity contribution is 7.99. The van der Waals surface area contributed by atoms with Crippen LogP contribution < -0.4 is 5.32 Å². The van der Waals surface area contributed by atoms with E-state index in [1.165, 1.54) is 44.0 Å². The van der Waals surface area contributed by atoms with Crippen molar-refractivity contribution in [2.45, 2.75) is 38.8 Å². The highest BCUT2D eigenvalue weighted by Gasteiger charge is 2.26. The first-order chi connectivity index (χ1) is 7.27. The molecule has 2 nitrogen and oxygen atoms in total. The predicted octanol–water partition coefficient (Wildman–Crippen LogP) is 1.81. The third-order valence-electron chi connectivity index (χ3n) is 3.96. The Hall–Kier alpha value is 0.270. The summed E-state index contributed by atoms with van der Waals surface area (Å²) in [5, 5.41) is 3.64. The molecule has 2 saturated heterocycles. The number of hydrogen-bond acceptors (Lipinski definition) is 3. The monoisotopic (exact) mass is 228 g/mol. The summed E-state index contributed by atoms with van der Waals surface area (Å²) < 4.78 is 0. The van der Waals surface area contributed by atoms with Crippen molar-refractivity contribution in [1.29, 1.82) is 0 Å². The fraction of sp³-hybridized carbons (Fsp3) is 1.00. The Balaban J connectivity index is 1.81. The van der Waals surface area contributed by atoms with Crippen molar-refractivity contribution < 1.29 is 0 Å². The average molecular weight is 228 g/mol. The number of piperidine rings is 1. The lowest BCUT2D eigenvalue weighted by molar-refractivity contribution is 0.105. The van der Waals surface area contributed by atoms with Crippen molar-refractivity contribution in [1.82, 2.24) is 10.2 Å². The van der Waals surface area contributed by atoms with Gasteiger partial charge in [-0.2, -0.15) is 11.8 Å².